The second kappa shape index (κ2) is 7.94. The zero-order valence-electron chi connectivity index (χ0n) is 15.2. The third-order valence-electron chi connectivity index (χ3n) is 4.83. The Balaban J connectivity index is 1.72. The summed E-state index contributed by atoms with van der Waals surface area (Å²) < 4.78 is 0. The molecule has 0 aromatic heterocycles. The van der Waals surface area contributed by atoms with Gasteiger partial charge in [0.25, 0.3) is 0 Å². The van der Waals surface area contributed by atoms with Gasteiger partial charge in [-0.25, -0.2) is 0 Å². The minimum Gasteiger partial charge on any atom is -0.508 e. The number of phenols is 1. The van der Waals surface area contributed by atoms with Crippen LogP contribution in [-0.4, -0.2) is 40.0 Å². The molecular formula is C22H20N2O3S. The van der Waals surface area contributed by atoms with Crippen LogP contribution in [0.1, 0.15) is 17.2 Å². The Morgan fingerprint density at radius 3 is 2.57 bits per heavy atom. The first-order valence-corrected chi connectivity index (χ1v) is 10.2. The van der Waals surface area contributed by atoms with Gasteiger partial charge in [-0.05, 0) is 22.4 Å². The Hall–Kier alpha value is -2.99. The number of phenolic OH excluding ortho intramolecular Hbond substituents is 1. The summed E-state index contributed by atoms with van der Waals surface area (Å²) in [6.07, 6.45) is 0. The Bertz CT molecular complexity index is 1020. The average molecular weight is 392 g/mol. The lowest BCUT2D eigenvalue weighted by Gasteiger charge is -2.24. The first kappa shape index (κ1) is 18.4. The van der Waals surface area contributed by atoms with Crippen LogP contribution in [0.15, 0.2) is 66.7 Å². The zero-order chi connectivity index (χ0) is 19.5. The second-order valence-electron chi connectivity index (χ2n) is 6.70. The molecular weight excluding hydrogens is 372 g/mol. The van der Waals surface area contributed by atoms with Gasteiger partial charge in [0, 0.05) is 5.56 Å². The fourth-order valence-electron chi connectivity index (χ4n) is 3.48. The van der Waals surface area contributed by atoms with E-state index in [4.69, 9.17) is 0 Å². The molecule has 1 atom stereocenters. The van der Waals surface area contributed by atoms with E-state index in [0.717, 1.165) is 16.3 Å². The van der Waals surface area contributed by atoms with Gasteiger partial charge in [-0.3, -0.25) is 9.59 Å². The number of nitrogens with one attached hydrogen (secondary N) is 1. The van der Waals surface area contributed by atoms with E-state index in [-0.39, 0.29) is 24.1 Å². The Labute approximate surface area is 167 Å². The maximum atomic E-state index is 12.8. The van der Waals surface area contributed by atoms with Crippen LogP contribution < -0.4 is 5.32 Å². The van der Waals surface area contributed by atoms with E-state index in [1.807, 2.05) is 60.7 Å². The van der Waals surface area contributed by atoms with Crippen molar-refractivity contribution in [2.45, 2.75) is 6.04 Å². The van der Waals surface area contributed by atoms with Crippen molar-refractivity contribution >= 4 is 34.3 Å². The molecule has 2 amide bonds. The third-order valence-corrected chi connectivity index (χ3v) is 5.78. The van der Waals surface area contributed by atoms with E-state index < -0.39 is 6.04 Å². The molecule has 0 saturated carbocycles. The fourth-order valence-corrected chi connectivity index (χ4v) is 4.38. The van der Waals surface area contributed by atoms with E-state index in [0.29, 0.717) is 17.2 Å². The van der Waals surface area contributed by atoms with Crippen molar-refractivity contribution in [3.63, 3.8) is 0 Å². The van der Waals surface area contributed by atoms with E-state index in [1.54, 1.807) is 11.0 Å². The van der Waals surface area contributed by atoms with Crippen molar-refractivity contribution in [3.05, 3.63) is 77.9 Å². The summed E-state index contributed by atoms with van der Waals surface area (Å²) in [5.41, 5.74) is 1.52. The van der Waals surface area contributed by atoms with Crippen molar-refractivity contribution < 1.29 is 14.7 Å². The molecule has 142 valence electrons. The molecule has 5 nitrogen and oxygen atoms in total. The molecule has 0 radical (unpaired) electrons. The predicted molar refractivity (Wildman–Crippen MR) is 111 cm³/mol. The molecule has 1 aliphatic heterocycles. The van der Waals surface area contributed by atoms with Gasteiger partial charge in [-0.2, -0.15) is 0 Å². The van der Waals surface area contributed by atoms with Gasteiger partial charge in [0.15, 0.2) is 0 Å². The number of thioether (sulfide) groups is 1. The highest BCUT2D eigenvalue weighted by atomic mass is 32.2. The van der Waals surface area contributed by atoms with Gasteiger partial charge in [-0.15, -0.1) is 11.8 Å². The molecule has 3 aromatic carbocycles. The van der Waals surface area contributed by atoms with E-state index in [9.17, 15) is 14.7 Å². The van der Waals surface area contributed by atoms with Crippen LogP contribution in [0.2, 0.25) is 0 Å². The fraction of sp³-hybridized carbons (Fsp3) is 0.182. The monoisotopic (exact) mass is 392 g/mol. The molecule has 2 N–H and O–H groups in total. The van der Waals surface area contributed by atoms with Gasteiger partial charge in [-0.1, -0.05) is 60.7 Å². The molecule has 1 aliphatic rings. The summed E-state index contributed by atoms with van der Waals surface area (Å²) in [7, 11) is 0. The molecule has 0 aliphatic carbocycles. The van der Waals surface area contributed by atoms with Crippen LogP contribution in [0.4, 0.5) is 0 Å². The first-order chi connectivity index (χ1) is 13.6. The van der Waals surface area contributed by atoms with Crippen molar-refractivity contribution in [1.82, 2.24) is 10.2 Å². The van der Waals surface area contributed by atoms with Gasteiger partial charge in [0.1, 0.15) is 12.3 Å². The van der Waals surface area contributed by atoms with Crippen molar-refractivity contribution in [2.75, 3.05) is 18.2 Å². The van der Waals surface area contributed by atoms with Gasteiger partial charge in [0.05, 0.1) is 17.7 Å². The largest absolute Gasteiger partial charge is 0.508 e. The quantitative estimate of drug-likeness (QED) is 0.699. The van der Waals surface area contributed by atoms with Crippen LogP contribution >= 0.6 is 11.8 Å². The number of aromatic hydroxyl groups is 1. The lowest BCUT2D eigenvalue weighted by molar-refractivity contribution is -0.132. The summed E-state index contributed by atoms with van der Waals surface area (Å²) in [6.45, 7) is 0.0146. The Kier molecular flexibility index (Phi) is 5.21. The molecule has 1 saturated heterocycles. The van der Waals surface area contributed by atoms with E-state index in [2.05, 4.69) is 5.32 Å². The lowest BCUT2D eigenvalue weighted by atomic mass is 9.92. The molecule has 0 spiro atoms. The summed E-state index contributed by atoms with van der Waals surface area (Å²) >= 11 is 1.50. The SMILES string of the molecule is O=C(CN1CSCC1=O)NC(c1ccccc1)c1c(O)ccc2ccccc12. The smallest absolute Gasteiger partial charge is 0.240 e. The number of amides is 2. The van der Waals surface area contributed by atoms with Gasteiger partial charge < -0.3 is 15.3 Å². The van der Waals surface area contributed by atoms with Crippen LogP contribution in [0.25, 0.3) is 10.8 Å². The third kappa shape index (κ3) is 3.68. The Morgan fingerprint density at radius 1 is 1.07 bits per heavy atom. The molecule has 28 heavy (non-hydrogen) atoms. The van der Waals surface area contributed by atoms with Crippen LogP contribution in [0, 0.1) is 0 Å². The number of fused-ring (bicyclic) bond motifs is 1. The summed E-state index contributed by atoms with van der Waals surface area (Å²) in [6, 6.07) is 20.3. The Morgan fingerprint density at radius 2 is 1.82 bits per heavy atom. The maximum absolute atomic E-state index is 12.8. The number of nitrogens with zero attached hydrogens (tertiary/aromatic N) is 1. The number of hydrogen-bond donors (Lipinski definition) is 2. The summed E-state index contributed by atoms with van der Waals surface area (Å²) in [5, 5.41) is 15.6. The number of carbonyl (C=O) groups is 2. The number of carbonyl (C=O) groups excluding carboxylic acids is 2. The van der Waals surface area contributed by atoms with E-state index in [1.165, 1.54) is 11.8 Å². The maximum Gasteiger partial charge on any atom is 0.240 e. The number of benzene rings is 3. The minimum absolute atomic E-state index is 0.0146. The highest BCUT2D eigenvalue weighted by Crippen LogP contribution is 2.35. The van der Waals surface area contributed by atoms with Gasteiger partial charge >= 0.3 is 0 Å². The molecule has 3 aromatic rings. The molecule has 1 heterocycles. The number of rotatable bonds is 5. The first-order valence-electron chi connectivity index (χ1n) is 9.04. The highest BCUT2D eigenvalue weighted by Gasteiger charge is 2.26. The average Bonchev–Trinajstić information content (AvgIpc) is 3.11. The molecule has 1 fully saturated rings. The molecule has 6 heteroatoms. The van der Waals surface area contributed by atoms with Crippen LogP contribution in [-0.2, 0) is 9.59 Å². The lowest BCUT2D eigenvalue weighted by Crippen LogP contribution is -2.40. The number of hydrogen-bond acceptors (Lipinski definition) is 4. The van der Waals surface area contributed by atoms with Crippen molar-refractivity contribution in [2.24, 2.45) is 0 Å². The second-order valence-corrected chi connectivity index (χ2v) is 7.66. The zero-order valence-corrected chi connectivity index (χ0v) is 16.0. The summed E-state index contributed by atoms with van der Waals surface area (Å²) in [4.78, 5) is 26.1. The normalized spacial score (nSPS) is 15.0. The van der Waals surface area contributed by atoms with Gasteiger partial charge in [0.2, 0.25) is 11.8 Å². The van der Waals surface area contributed by atoms with Crippen molar-refractivity contribution in [3.8, 4) is 5.75 Å². The van der Waals surface area contributed by atoms with E-state index >= 15 is 0 Å². The van der Waals surface area contributed by atoms with Crippen LogP contribution in [0.5, 0.6) is 5.75 Å². The summed E-state index contributed by atoms with van der Waals surface area (Å²) in [5.74, 6) is 0.795. The molecule has 0 bridgehead atoms. The predicted octanol–water partition coefficient (Wildman–Crippen LogP) is 3.28. The molecule has 4 rings (SSSR count). The van der Waals surface area contributed by atoms with Crippen molar-refractivity contribution in [1.29, 1.82) is 0 Å². The van der Waals surface area contributed by atoms with Crippen LogP contribution in [0.3, 0.4) is 0 Å². The standard InChI is InChI=1S/C22H20N2O3S/c25-18-11-10-15-6-4-5-9-17(15)21(18)22(16-7-2-1-3-8-16)23-19(26)12-24-14-28-13-20(24)27/h1-11,22,25H,12-14H2,(H,23,26). The minimum atomic E-state index is -0.523. The molecule has 1 unspecified atom stereocenters. The highest BCUT2D eigenvalue weighted by molar-refractivity contribution is 8.00. The topological polar surface area (TPSA) is 69.6 Å².